The van der Waals surface area contributed by atoms with Crippen LogP contribution in [0.15, 0.2) is 22.8 Å². The quantitative estimate of drug-likeness (QED) is 0.925. The molecule has 0 unspecified atom stereocenters. The number of aryl methyl sites for hydroxylation is 2. The largest absolute Gasteiger partial charge is 0.464 e. The fraction of sp³-hybridized carbons (Fsp3) is 0.471. The van der Waals surface area contributed by atoms with Crippen molar-refractivity contribution >= 4 is 16.9 Å². The Morgan fingerprint density at radius 2 is 2.05 bits per heavy atom. The highest BCUT2D eigenvalue weighted by atomic mass is 16.3. The summed E-state index contributed by atoms with van der Waals surface area (Å²) >= 11 is 0. The Labute approximate surface area is 119 Å². The summed E-state index contributed by atoms with van der Waals surface area (Å²) in [5.41, 5.74) is 4.24. The van der Waals surface area contributed by atoms with Crippen LogP contribution in [0, 0.1) is 13.8 Å². The van der Waals surface area contributed by atoms with E-state index in [1.807, 2.05) is 6.07 Å². The van der Waals surface area contributed by atoms with E-state index in [0.717, 1.165) is 29.4 Å². The third kappa shape index (κ3) is 2.58. The second-order valence-electron chi connectivity index (χ2n) is 5.94. The summed E-state index contributed by atoms with van der Waals surface area (Å²) in [7, 11) is 0. The minimum atomic E-state index is 0.111. The van der Waals surface area contributed by atoms with Gasteiger partial charge >= 0.3 is 0 Å². The summed E-state index contributed by atoms with van der Waals surface area (Å²) < 4.78 is 5.60. The van der Waals surface area contributed by atoms with E-state index in [1.54, 1.807) is 6.26 Å². The minimum Gasteiger partial charge on any atom is -0.464 e. The zero-order valence-corrected chi connectivity index (χ0v) is 12.2. The summed E-state index contributed by atoms with van der Waals surface area (Å²) in [6.45, 7) is 4.13. The Balaban J connectivity index is 1.78. The van der Waals surface area contributed by atoms with Crippen LogP contribution in [0.5, 0.6) is 0 Å². The van der Waals surface area contributed by atoms with E-state index in [0.29, 0.717) is 12.5 Å². The summed E-state index contributed by atoms with van der Waals surface area (Å²) in [6, 6.07) is 4.54. The Morgan fingerprint density at radius 3 is 2.80 bits per heavy atom. The zero-order chi connectivity index (χ0) is 14.1. The van der Waals surface area contributed by atoms with Crippen LogP contribution in [0.25, 0.3) is 11.0 Å². The van der Waals surface area contributed by atoms with Gasteiger partial charge < -0.3 is 9.73 Å². The molecule has 106 valence electrons. The van der Waals surface area contributed by atoms with Crippen molar-refractivity contribution in [2.45, 2.75) is 52.0 Å². The number of rotatable bonds is 3. The van der Waals surface area contributed by atoms with Gasteiger partial charge in [-0.05, 0) is 43.9 Å². The third-order valence-electron chi connectivity index (χ3n) is 4.16. The van der Waals surface area contributed by atoms with Gasteiger partial charge in [-0.1, -0.05) is 18.9 Å². The Morgan fingerprint density at radius 1 is 1.30 bits per heavy atom. The number of amides is 1. The lowest BCUT2D eigenvalue weighted by atomic mass is 10.0. The number of nitrogens with one attached hydrogen (secondary N) is 1. The van der Waals surface area contributed by atoms with Crippen molar-refractivity contribution < 1.29 is 9.21 Å². The van der Waals surface area contributed by atoms with Crippen molar-refractivity contribution in [2.24, 2.45) is 0 Å². The highest BCUT2D eigenvalue weighted by Gasteiger charge is 2.18. The molecular weight excluding hydrogens is 250 g/mol. The lowest BCUT2D eigenvalue weighted by Gasteiger charge is -2.11. The summed E-state index contributed by atoms with van der Waals surface area (Å²) in [6.07, 6.45) is 6.85. The lowest BCUT2D eigenvalue weighted by molar-refractivity contribution is -0.121. The van der Waals surface area contributed by atoms with Gasteiger partial charge in [-0.3, -0.25) is 4.79 Å². The molecule has 0 aliphatic heterocycles. The van der Waals surface area contributed by atoms with Crippen LogP contribution in [0.3, 0.4) is 0 Å². The molecule has 3 heteroatoms. The first-order valence-corrected chi connectivity index (χ1v) is 7.40. The predicted octanol–water partition coefficient (Wildman–Crippen LogP) is 3.65. The number of hydrogen-bond acceptors (Lipinski definition) is 2. The average molecular weight is 271 g/mol. The molecule has 1 N–H and O–H groups in total. The van der Waals surface area contributed by atoms with Gasteiger partial charge in [0.2, 0.25) is 5.91 Å². The van der Waals surface area contributed by atoms with Gasteiger partial charge in [-0.2, -0.15) is 0 Å². The molecule has 2 aromatic rings. The molecule has 1 aromatic carbocycles. The Bertz CT molecular complexity index is 636. The number of carbonyl (C=O) groups is 1. The molecule has 0 bridgehead atoms. The van der Waals surface area contributed by atoms with E-state index >= 15 is 0 Å². The molecule has 0 saturated heterocycles. The number of fused-ring (bicyclic) bond motifs is 1. The first-order chi connectivity index (χ1) is 9.63. The molecule has 1 aliphatic carbocycles. The molecule has 1 fully saturated rings. The molecule has 1 heterocycles. The van der Waals surface area contributed by atoms with Gasteiger partial charge in [0.15, 0.2) is 0 Å². The molecule has 0 spiro atoms. The van der Waals surface area contributed by atoms with Crippen molar-refractivity contribution in [3.8, 4) is 0 Å². The molecule has 3 nitrogen and oxygen atoms in total. The Hall–Kier alpha value is -1.77. The standard InChI is InChI=1S/C17H21NO2/c1-11-7-12(2)17-13(10-20-15(17)8-11)9-16(19)18-14-5-3-4-6-14/h7-8,10,14H,3-6,9H2,1-2H3,(H,18,19). The van der Waals surface area contributed by atoms with E-state index in [9.17, 15) is 4.79 Å². The Kier molecular flexibility index (Phi) is 3.51. The van der Waals surface area contributed by atoms with Gasteiger partial charge in [0.05, 0.1) is 12.7 Å². The van der Waals surface area contributed by atoms with Crippen LogP contribution >= 0.6 is 0 Å². The first-order valence-electron chi connectivity index (χ1n) is 7.40. The fourth-order valence-electron chi connectivity index (χ4n) is 3.28. The van der Waals surface area contributed by atoms with Gasteiger partial charge in [-0.15, -0.1) is 0 Å². The third-order valence-corrected chi connectivity index (χ3v) is 4.16. The summed E-state index contributed by atoms with van der Waals surface area (Å²) in [5.74, 6) is 0.111. The second kappa shape index (κ2) is 5.31. The van der Waals surface area contributed by atoms with Crippen LogP contribution < -0.4 is 5.32 Å². The molecule has 0 atom stereocenters. The SMILES string of the molecule is Cc1cc(C)c2c(CC(=O)NC3CCCC3)coc2c1. The van der Waals surface area contributed by atoms with E-state index in [-0.39, 0.29) is 5.91 Å². The van der Waals surface area contributed by atoms with Gasteiger partial charge in [0.1, 0.15) is 5.58 Å². The molecule has 1 saturated carbocycles. The van der Waals surface area contributed by atoms with Gasteiger partial charge in [0, 0.05) is 17.0 Å². The predicted molar refractivity (Wildman–Crippen MR) is 79.8 cm³/mol. The topological polar surface area (TPSA) is 42.2 Å². The molecule has 20 heavy (non-hydrogen) atoms. The van der Waals surface area contributed by atoms with Crippen molar-refractivity contribution in [3.63, 3.8) is 0 Å². The summed E-state index contributed by atoms with van der Waals surface area (Å²) in [4.78, 5) is 12.1. The van der Waals surface area contributed by atoms with E-state index < -0.39 is 0 Å². The van der Waals surface area contributed by atoms with Crippen LogP contribution in [-0.4, -0.2) is 11.9 Å². The number of hydrogen-bond donors (Lipinski definition) is 1. The molecule has 0 radical (unpaired) electrons. The first kappa shape index (κ1) is 13.2. The smallest absolute Gasteiger partial charge is 0.224 e. The van der Waals surface area contributed by atoms with E-state index in [1.165, 1.54) is 24.0 Å². The maximum Gasteiger partial charge on any atom is 0.224 e. The maximum absolute atomic E-state index is 12.1. The fourth-order valence-corrected chi connectivity index (χ4v) is 3.28. The normalized spacial score (nSPS) is 15.9. The lowest BCUT2D eigenvalue weighted by Crippen LogP contribution is -2.33. The molecule has 1 amide bonds. The molecule has 3 rings (SSSR count). The number of carbonyl (C=O) groups excluding carboxylic acids is 1. The highest BCUT2D eigenvalue weighted by Crippen LogP contribution is 2.27. The van der Waals surface area contributed by atoms with Crippen molar-refractivity contribution in [2.75, 3.05) is 0 Å². The maximum atomic E-state index is 12.1. The van der Waals surface area contributed by atoms with E-state index in [4.69, 9.17) is 4.42 Å². The van der Waals surface area contributed by atoms with Gasteiger partial charge in [-0.25, -0.2) is 0 Å². The van der Waals surface area contributed by atoms with Crippen LogP contribution in [0.1, 0.15) is 42.4 Å². The second-order valence-corrected chi connectivity index (χ2v) is 5.94. The average Bonchev–Trinajstić information content (AvgIpc) is 2.99. The van der Waals surface area contributed by atoms with E-state index in [2.05, 4.69) is 25.2 Å². The van der Waals surface area contributed by atoms with Crippen molar-refractivity contribution in [3.05, 3.63) is 35.1 Å². The number of benzene rings is 1. The van der Waals surface area contributed by atoms with Crippen molar-refractivity contribution in [1.29, 1.82) is 0 Å². The molecular formula is C17H21NO2. The monoisotopic (exact) mass is 271 g/mol. The van der Waals surface area contributed by atoms with Crippen LogP contribution in [-0.2, 0) is 11.2 Å². The highest BCUT2D eigenvalue weighted by molar-refractivity contribution is 5.90. The zero-order valence-electron chi connectivity index (χ0n) is 12.2. The van der Waals surface area contributed by atoms with Crippen molar-refractivity contribution in [1.82, 2.24) is 5.32 Å². The van der Waals surface area contributed by atoms with Gasteiger partial charge in [0.25, 0.3) is 0 Å². The van der Waals surface area contributed by atoms with Crippen LogP contribution in [0.2, 0.25) is 0 Å². The van der Waals surface area contributed by atoms with Crippen LogP contribution in [0.4, 0.5) is 0 Å². The molecule has 1 aliphatic rings. The summed E-state index contributed by atoms with van der Waals surface area (Å²) in [5, 5.41) is 4.23. The minimum absolute atomic E-state index is 0.111. The number of furan rings is 1. The molecule has 1 aromatic heterocycles.